The van der Waals surface area contributed by atoms with Gasteiger partial charge >= 0.3 is 0 Å². The van der Waals surface area contributed by atoms with Crippen LogP contribution in [0.5, 0.6) is 5.75 Å². The average Bonchev–Trinajstić information content (AvgIpc) is 2.60. The molecule has 3 rings (SSSR count). The van der Waals surface area contributed by atoms with Crippen molar-refractivity contribution in [3.8, 4) is 5.75 Å². The Morgan fingerprint density at radius 3 is 2.52 bits per heavy atom. The van der Waals surface area contributed by atoms with E-state index in [0.29, 0.717) is 5.75 Å². The topological polar surface area (TPSA) is 23.5 Å². The summed E-state index contributed by atoms with van der Waals surface area (Å²) < 4.78 is 0. The molecule has 1 N–H and O–H groups in total. The van der Waals surface area contributed by atoms with Gasteiger partial charge in [0.2, 0.25) is 0 Å². The van der Waals surface area contributed by atoms with E-state index in [2.05, 4.69) is 44.1 Å². The molecule has 0 aromatic heterocycles. The molecule has 0 radical (unpaired) electrons. The van der Waals surface area contributed by atoms with Gasteiger partial charge in [0.05, 0.1) is 0 Å². The van der Waals surface area contributed by atoms with E-state index in [1.807, 2.05) is 18.2 Å². The highest BCUT2D eigenvalue weighted by Gasteiger charge is 2.22. The SMILES string of the molecule is CCCCc1ccc2c(c1)C(c1ccccc1O)=C(CN(C)C)CC2. The van der Waals surface area contributed by atoms with Gasteiger partial charge in [0.1, 0.15) is 5.75 Å². The number of likely N-dealkylation sites (N-methyl/N-ethyl adjacent to an activating group) is 1. The first-order chi connectivity index (χ1) is 12.1. The maximum atomic E-state index is 10.5. The third kappa shape index (κ3) is 3.96. The summed E-state index contributed by atoms with van der Waals surface area (Å²) in [5.74, 6) is 0.376. The Labute approximate surface area is 151 Å². The molecule has 0 amide bonds. The molecule has 1 aliphatic rings. The molecule has 25 heavy (non-hydrogen) atoms. The summed E-state index contributed by atoms with van der Waals surface area (Å²) >= 11 is 0. The lowest BCUT2D eigenvalue weighted by atomic mass is 9.80. The summed E-state index contributed by atoms with van der Waals surface area (Å²) in [5.41, 5.74) is 7.75. The van der Waals surface area contributed by atoms with Crippen LogP contribution in [0.15, 0.2) is 48.0 Å². The van der Waals surface area contributed by atoms with Crippen LogP contribution < -0.4 is 0 Å². The molecule has 0 saturated carbocycles. The van der Waals surface area contributed by atoms with Crippen molar-refractivity contribution in [3.63, 3.8) is 0 Å². The van der Waals surface area contributed by atoms with Gasteiger partial charge < -0.3 is 10.0 Å². The van der Waals surface area contributed by atoms with Crippen molar-refractivity contribution in [2.24, 2.45) is 0 Å². The van der Waals surface area contributed by atoms with Crippen LogP contribution in [-0.4, -0.2) is 30.6 Å². The number of hydrogen-bond donors (Lipinski definition) is 1. The Bertz CT molecular complexity index is 773. The molecule has 0 aliphatic heterocycles. The minimum Gasteiger partial charge on any atom is -0.507 e. The maximum Gasteiger partial charge on any atom is 0.123 e. The first kappa shape index (κ1) is 17.8. The van der Waals surface area contributed by atoms with Crippen LogP contribution in [0.3, 0.4) is 0 Å². The van der Waals surface area contributed by atoms with Gasteiger partial charge in [-0.3, -0.25) is 0 Å². The minimum atomic E-state index is 0.376. The van der Waals surface area contributed by atoms with Crippen molar-refractivity contribution >= 4 is 5.57 Å². The quantitative estimate of drug-likeness (QED) is 0.799. The second-order valence-electron chi connectivity index (χ2n) is 7.33. The molecule has 0 atom stereocenters. The van der Waals surface area contributed by atoms with Crippen molar-refractivity contribution in [1.29, 1.82) is 0 Å². The van der Waals surface area contributed by atoms with E-state index in [-0.39, 0.29) is 0 Å². The highest BCUT2D eigenvalue weighted by Crippen LogP contribution is 2.40. The predicted octanol–water partition coefficient (Wildman–Crippen LogP) is 5.04. The smallest absolute Gasteiger partial charge is 0.123 e. The lowest BCUT2D eigenvalue weighted by Crippen LogP contribution is -2.19. The molecular weight excluding hydrogens is 306 g/mol. The van der Waals surface area contributed by atoms with Crippen LogP contribution >= 0.6 is 0 Å². The maximum absolute atomic E-state index is 10.5. The van der Waals surface area contributed by atoms with E-state index in [0.717, 1.165) is 31.4 Å². The molecule has 0 saturated heterocycles. The Morgan fingerprint density at radius 1 is 1.00 bits per heavy atom. The van der Waals surface area contributed by atoms with Crippen molar-refractivity contribution in [2.45, 2.75) is 39.0 Å². The molecule has 1 aliphatic carbocycles. The second kappa shape index (κ2) is 7.88. The number of fused-ring (bicyclic) bond motifs is 1. The molecule has 2 nitrogen and oxygen atoms in total. The summed E-state index contributed by atoms with van der Waals surface area (Å²) in [4.78, 5) is 2.22. The van der Waals surface area contributed by atoms with E-state index >= 15 is 0 Å². The third-order valence-corrected chi connectivity index (χ3v) is 4.99. The van der Waals surface area contributed by atoms with Crippen molar-refractivity contribution < 1.29 is 5.11 Å². The highest BCUT2D eigenvalue weighted by molar-refractivity contribution is 5.87. The lowest BCUT2D eigenvalue weighted by Gasteiger charge is -2.27. The number of rotatable bonds is 6. The van der Waals surface area contributed by atoms with Crippen LogP contribution in [0, 0.1) is 0 Å². The Balaban J connectivity index is 2.14. The molecule has 132 valence electrons. The first-order valence-electron chi connectivity index (χ1n) is 9.37. The summed E-state index contributed by atoms with van der Waals surface area (Å²) in [6.07, 6.45) is 5.71. The molecule has 0 spiro atoms. The average molecular weight is 335 g/mol. The van der Waals surface area contributed by atoms with Gasteiger partial charge in [-0.1, -0.05) is 49.7 Å². The number of phenols is 1. The van der Waals surface area contributed by atoms with Crippen LogP contribution in [0.4, 0.5) is 0 Å². The van der Waals surface area contributed by atoms with E-state index < -0.39 is 0 Å². The van der Waals surface area contributed by atoms with Crippen LogP contribution in [0.25, 0.3) is 5.57 Å². The first-order valence-corrected chi connectivity index (χ1v) is 9.37. The number of para-hydroxylation sites is 1. The van der Waals surface area contributed by atoms with Gasteiger partial charge in [0.15, 0.2) is 0 Å². The molecule has 2 aromatic carbocycles. The van der Waals surface area contributed by atoms with Crippen molar-refractivity contribution in [3.05, 3.63) is 70.3 Å². The zero-order valence-electron chi connectivity index (χ0n) is 15.7. The fourth-order valence-corrected chi connectivity index (χ4v) is 3.77. The molecule has 2 aromatic rings. The van der Waals surface area contributed by atoms with Crippen molar-refractivity contribution in [2.75, 3.05) is 20.6 Å². The number of aryl methyl sites for hydroxylation is 2. The zero-order valence-corrected chi connectivity index (χ0v) is 15.7. The number of nitrogens with zero attached hydrogens (tertiary/aromatic N) is 1. The van der Waals surface area contributed by atoms with Crippen LogP contribution in [0.1, 0.15) is 48.4 Å². The van der Waals surface area contributed by atoms with E-state index in [4.69, 9.17) is 0 Å². The number of aromatic hydroxyl groups is 1. The Morgan fingerprint density at radius 2 is 1.80 bits per heavy atom. The van der Waals surface area contributed by atoms with E-state index in [1.54, 1.807) is 6.07 Å². The highest BCUT2D eigenvalue weighted by atomic mass is 16.3. The predicted molar refractivity (Wildman–Crippen MR) is 106 cm³/mol. The van der Waals surface area contributed by atoms with Gasteiger partial charge in [-0.15, -0.1) is 0 Å². The second-order valence-corrected chi connectivity index (χ2v) is 7.33. The fraction of sp³-hybridized carbons (Fsp3) is 0.391. The number of hydrogen-bond acceptors (Lipinski definition) is 2. The molecule has 0 fully saturated rings. The zero-order chi connectivity index (χ0) is 17.8. The monoisotopic (exact) mass is 335 g/mol. The fourth-order valence-electron chi connectivity index (χ4n) is 3.77. The molecule has 0 heterocycles. The van der Waals surface area contributed by atoms with E-state index in [1.165, 1.54) is 40.7 Å². The van der Waals surface area contributed by atoms with Gasteiger partial charge in [-0.25, -0.2) is 0 Å². The standard InChI is InChI=1S/C23H29NO/c1-4-5-8-17-11-12-18-13-14-19(16-24(2)3)23(21(18)15-17)20-9-6-7-10-22(20)25/h6-7,9-12,15,25H,4-5,8,13-14,16H2,1-3H3. The van der Waals surface area contributed by atoms with Gasteiger partial charge in [0, 0.05) is 12.1 Å². The molecule has 0 bridgehead atoms. The third-order valence-electron chi connectivity index (χ3n) is 4.99. The number of phenolic OH excluding ortho intramolecular Hbond substituents is 1. The normalized spacial score (nSPS) is 14.1. The lowest BCUT2D eigenvalue weighted by molar-refractivity contribution is 0.438. The number of benzene rings is 2. The van der Waals surface area contributed by atoms with Gasteiger partial charge in [0.25, 0.3) is 0 Å². The summed E-state index contributed by atoms with van der Waals surface area (Å²) in [7, 11) is 4.23. The van der Waals surface area contributed by atoms with Gasteiger partial charge in [-0.05, 0) is 73.7 Å². The van der Waals surface area contributed by atoms with Crippen molar-refractivity contribution in [1.82, 2.24) is 4.90 Å². The summed E-state index contributed by atoms with van der Waals surface area (Å²) in [6, 6.07) is 14.7. The largest absolute Gasteiger partial charge is 0.507 e. The minimum absolute atomic E-state index is 0.376. The van der Waals surface area contributed by atoms with Gasteiger partial charge in [-0.2, -0.15) is 0 Å². The summed E-state index contributed by atoms with van der Waals surface area (Å²) in [6.45, 7) is 3.17. The Hall–Kier alpha value is -2.06. The van der Waals surface area contributed by atoms with Crippen LogP contribution in [0.2, 0.25) is 0 Å². The Kier molecular flexibility index (Phi) is 5.60. The number of unbranched alkanes of at least 4 members (excludes halogenated alkanes) is 1. The van der Waals surface area contributed by atoms with E-state index in [9.17, 15) is 5.11 Å². The summed E-state index contributed by atoms with van der Waals surface area (Å²) in [5, 5.41) is 10.5. The molecular formula is C23H29NO. The molecule has 2 heteroatoms. The van der Waals surface area contributed by atoms with Crippen LogP contribution in [-0.2, 0) is 12.8 Å². The molecule has 0 unspecified atom stereocenters.